The van der Waals surface area contributed by atoms with Gasteiger partial charge in [0.2, 0.25) is 0 Å². The van der Waals surface area contributed by atoms with Crippen molar-refractivity contribution in [2.45, 2.75) is 37.7 Å². The van der Waals surface area contributed by atoms with Crippen molar-refractivity contribution in [3.63, 3.8) is 0 Å². The zero-order chi connectivity index (χ0) is 12.1. The van der Waals surface area contributed by atoms with E-state index in [9.17, 15) is 5.11 Å². The van der Waals surface area contributed by atoms with Crippen LogP contribution in [0.3, 0.4) is 0 Å². The van der Waals surface area contributed by atoms with Crippen molar-refractivity contribution < 1.29 is 9.84 Å². The monoisotopic (exact) mass is 234 g/mol. The molecule has 1 aromatic carbocycles. The van der Waals surface area contributed by atoms with Crippen molar-refractivity contribution in [2.75, 3.05) is 13.7 Å². The van der Waals surface area contributed by atoms with Crippen LogP contribution in [-0.4, -0.2) is 24.4 Å². The number of methoxy groups -OCH3 is 1. The van der Waals surface area contributed by atoms with Gasteiger partial charge < -0.3 is 9.84 Å². The summed E-state index contributed by atoms with van der Waals surface area (Å²) in [7, 11) is 1.67. The molecule has 0 aromatic heterocycles. The normalized spacial score (nSPS) is 18.9. The second kappa shape index (κ2) is 5.65. The van der Waals surface area contributed by atoms with Gasteiger partial charge in [-0.2, -0.15) is 0 Å². The first-order valence-electron chi connectivity index (χ1n) is 6.50. The minimum atomic E-state index is -0.580. The van der Waals surface area contributed by atoms with E-state index in [1.165, 1.54) is 5.56 Å². The number of aryl methyl sites for hydroxylation is 1. The zero-order valence-corrected chi connectivity index (χ0v) is 10.6. The first kappa shape index (κ1) is 12.6. The highest BCUT2D eigenvalue weighted by Crippen LogP contribution is 2.42. The molecule has 1 atom stereocenters. The van der Waals surface area contributed by atoms with Gasteiger partial charge in [0.25, 0.3) is 0 Å². The Labute approximate surface area is 104 Å². The second-order valence-electron chi connectivity index (χ2n) is 5.15. The van der Waals surface area contributed by atoms with Gasteiger partial charge in [-0.1, -0.05) is 30.3 Å². The van der Waals surface area contributed by atoms with E-state index < -0.39 is 5.60 Å². The number of rotatable bonds is 7. The third kappa shape index (κ3) is 3.55. The Kier molecular flexibility index (Phi) is 4.19. The predicted octanol–water partition coefficient (Wildman–Crippen LogP) is 2.80. The molecule has 1 unspecified atom stereocenters. The highest BCUT2D eigenvalue weighted by Gasteiger charge is 2.43. The van der Waals surface area contributed by atoms with Gasteiger partial charge in [0.15, 0.2) is 0 Å². The highest BCUT2D eigenvalue weighted by molar-refractivity contribution is 5.14. The predicted molar refractivity (Wildman–Crippen MR) is 68.9 cm³/mol. The lowest BCUT2D eigenvalue weighted by molar-refractivity contribution is -0.0549. The first-order chi connectivity index (χ1) is 8.24. The minimum Gasteiger partial charge on any atom is -0.387 e. The number of hydrogen-bond acceptors (Lipinski definition) is 2. The molecular formula is C15H22O2. The maximum Gasteiger partial charge on any atom is 0.0908 e. The molecule has 0 aliphatic heterocycles. The summed E-state index contributed by atoms with van der Waals surface area (Å²) < 4.78 is 5.16. The van der Waals surface area contributed by atoms with Crippen LogP contribution in [0.15, 0.2) is 30.3 Å². The molecule has 2 heteroatoms. The van der Waals surface area contributed by atoms with E-state index in [2.05, 4.69) is 24.3 Å². The smallest absolute Gasteiger partial charge is 0.0908 e. The Balaban J connectivity index is 1.80. The van der Waals surface area contributed by atoms with Crippen LogP contribution in [0, 0.1) is 5.92 Å². The number of ether oxygens (including phenoxy) is 1. The van der Waals surface area contributed by atoms with Gasteiger partial charge in [0.1, 0.15) is 0 Å². The molecule has 1 N–H and O–H groups in total. The third-order valence-corrected chi connectivity index (χ3v) is 3.65. The Morgan fingerprint density at radius 3 is 2.59 bits per heavy atom. The topological polar surface area (TPSA) is 29.5 Å². The molecule has 94 valence electrons. The zero-order valence-electron chi connectivity index (χ0n) is 10.6. The van der Waals surface area contributed by atoms with Crippen molar-refractivity contribution in [3.05, 3.63) is 35.9 Å². The highest BCUT2D eigenvalue weighted by atomic mass is 16.5. The van der Waals surface area contributed by atoms with Crippen LogP contribution in [0.25, 0.3) is 0 Å². The molecule has 0 bridgehead atoms. The van der Waals surface area contributed by atoms with E-state index in [1.54, 1.807) is 7.11 Å². The lowest BCUT2D eigenvalue weighted by atomic mass is 9.91. The Hall–Kier alpha value is -0.860. The van der Waals surface area contributed by atoms with Gasteiger partial charge in [-0.3, -0.25) is 0 Å². The van der Waals surface area contributed by atoms with Gasteiger partial charge in [-0.15, -0.1) is 0 Å². The number of aliphatic hydroxyl groups is 1. The summed E-state index contributed by atoms with van der Waals surface area (Å²) >= 11 is 0. The Bertz CT molecular complexity index is 332. The standard InChI is InChI=1S/C15H22O2/c1-17-12-15(16,14-9-10-14)11-5-8-13-6-3-2-4-7-13/h2-4,6-7,14,16H,5,8-12H2,1H3. The largest absolute Gasteiger partial charge is 0.387 e. The van der Waals surface area contributed by atoms with E-state index in [0.717, 1.165) is 32.1 Å². The maximum absolute atomic E-state index is 10.5. The SMILES string of the molecule is COCC(O)(CCCc1ccccc1)C1CC1. The average Bonchev–Trinajstić information content (AvgIpc) is 3.15. The molecule has 0 saturated heterocycles. The van der Waals surface area contributed by atoms with Crippen LogP contribution >= 0.6 is 0 Å². The molecule has 0 spiro atoms. The summed E-state index contributed by atoms with van der Waals surface area (Å²) in [6.45, 7) is 0.479. The summed E-state index contributed by atoms with van der Waals surface area (Å²) in [4.78, 5) is 0. The minimum absolute atomic E-state index is 0.471. The van der Waals surface area contributed by atoms with Crippen LogP contribution in [0.4, 0.5) is 0 Å². The lowest BCUT2D eigenvalue weighted by Crippen LogP contribution is -2.36. The summed E-state index contributed by atoms with van der Waals surface area (Å²) in [6.07, 6.45) is 5.23. The molecule has 1 fully saturated rings. The second-order valence-corrected chi connectivity index (χ2v) is 5.15. The number of benzene rings is 1. The van der Waals surface area contributed by atoms with Crippen LogP contribution in [0.5, 0.6) is 0 Å². The van der Waals surface area contributed by atoms with Crippen LogP contribution in [0.1, 0.15) is 31.2 Å². The van der Waals surface area contributed by atoms with E-state index in [4.69, 9.17) is 4.74 Å². The molecule has 0 radical (unpaired) electrons. The fourth-order valence-electron chi connectivity index (χ4n) is 2.51. The fraction of sp³-hybridized carbons (Fsp3) is 0.600. The van der Waals surface area contributed by atoms with Crippen molar-refractivity contribution in [3.8, 4) is 0 Å². The fourth-order valence-corrected chi connectivity index (χ4v) is 2.51. The van der Waals surface area contributed by atoms with E-state index in [1.807, 2.05) is 6.07 Å². The molecule has 1 aliphatic carbocycles. The van der Waals surface area contributed by atoms with Gasteiger partial charge in [0.05, 0.1) is 12.2 Å². The maximum atomic E-state index is 10.5. The van der Waals surface area contributed by atoms with E-state index in [-0.39, 0.29) is 0 Å². The molecule has 1 aromatic rings. The Morgan fingerprint density at radius 1 is 1.29 bits per heavy atom. The van der Waals surface area contributed by atoms with Gasteiger partial charge in [-0.05, 0) is 43.6 Å². The summed E-state index contributed by atoms with van der Waals surface area (Å²) in [5.41, 5.74) is 0.770. The molecule has 0 amide bonds. The van der Waals surface area contributed by atoms with Crippen molar-refractivity contribution in [2.24, 2.45) is 5.92 Å². The quantitative estimate of drug-likeness (QED) is 0.786. The molecule has 0 heterocycles. The Morgan fingerprint density at radius 2 is 2.00 bits per heavy atom. The first-order valence-corrected chi connectivity index (χ1v) is 6.50. The summed E-state index contributed by atoms with van der Waals surface area (Å²) in [6, 6.07) is 10.5. The van der Waals surface area contributed by atoms with Crippen molar-refractivity contribution in [1.29, 1.82) is 0 Å². The average molecular weight is 234 g/mol. The van der Waals surface area contributed by atoms with E-state index in [0.29, 0.717) is 12.5 Å². The third-order valence-electron chi connectivity index (χ3n) is 3.65. The molecule has 2 rings (SSSR count). The van der Waals surface area contributed by atoms with Crippen molar-refractivity contribution in [1.82, 2.24) is 0 Å². The summed E-state index contributed by atoms with van der Waals surface area (Å²) in [5.74, 6) is 0.471. The van der Waals surface area contributed by atoms with Gasteiger partial charge >= 0.3 is 0 Å². The van der Waals surface area contributed by atoms with Gasteiger partial charge in [0, 0.05) is 7.11 Å². The number of hydrogen-bond donors (Lipinski definition) is 1. The van der Waals surface area contributed by atoms with Gasteiger partial charge in [-0.25, -0.2) is 0 Å². The molecule has 17 heavy (non-hydrogen) atoms. The van der Waals surface area contributed by atoms with Crippen LogP contribution in [-0.2, 0) is 11.2 Å². The lowest BCUT2D eigenvalue weighted by Gasteiger charge is -2.27. The summed E-state index contributed by atoms with van der Waals surface area (Å²) in [5, 5.41) is 10.5. The van der Waals surface area contributed by atoms with Crippen molar-refractivity contribution >= 4 is 0 Å². The molecule has 2 nitrogen and oxygen atoms in total. The molecule has 1 aliphatic rings. The van der Waals surface area contributed by atoms with E-state index >= 15 is 0 Å². The molecular weight excluding hydrogens is 212 g/mol. The van der Waals surface area contributed by atoms with Crippen LogP contribution in [0.2, 0.25) is 0 Å². The molecule has 1 saturated carbocycles. The van der Waals surface area contributed by atoms with Crippen LogP contribution < -0.4 is 0 Å².